The van der Waals surface area contributed by atoms with Gasteiger partial charge < -0.3 is 0 Å². The van der Waals surface area contributed by atoms with Gasteiger partial charge in [0.2, 0.25) is 5.91 Å². The Morgan fingerprint density at radius 2 is 1.76 bits per heavy atom. The molecule has 7 nitrogen and oxygen atoms in total. The lowest BCUT2D eigenvalue weighted by atomic mass is 9.93. The lowest BCUT2D eigenvalue weighted by molar-refractivity contribution is -0.138. The summed E-state index contributed by atoms with van der Waals surface area (Å²) < 4.78 is 0. The number of hydrogen-bond acceptors (Lipinski definition) is 6. The van der Waals surface area contributed by atoms with Crippen LogP contribution in [-0.4, -0.2) is 57.5 Å². The van der Waals surface area contributed by atoms with Crippen molar-refractivity contribution in [1.82, 2.24) is 19.9 Å². The summed E-state index contributed by atoms with van der Waals surface area (Å²) in [6.45, 7) is 1.87. The lowest BCUT2D eigenvalue weighted by Gasteiger charge is -2.14. The first-order valence-electron chi connectivity index (χ1n) is 8.01. The second kappa shape index (κ2) is 5.47. The van der Waals surface area contributed by atoms with Crippen LogP contribution < -0.4 is 0 Å². The number of fused-ring (bicyclic) bond motifs is 1. The number of benzene rings is 1. The first-order valence-corrected chi connectivity index (χ1v) is 8.01. The van der Waals surface area contributed by atoms with Gasteiger partial charge in [0.05, 0.1) is 11.4 Å². The van der Waals surface area contributed by atoms with Gasteiger partial charge in [-0.05, 0) is 6.92 Å². The third-order valence-corrected chi connectivity index (χ3v) is 4.75. The molecular weight excluding hydrogens is 318 g/mol. The number of nitrogens with zero attached hydrogens (tertiary/aromatic N) is 5. The molecule has 2 aliphatic heterocycles. The Morgan fingerprint density at radius 1 is 1.04 bits per heavy atom. The van der Waals surface area contributed by atoms with Gasteiger partial charge >= 0.3 is 0 Å². The van der Waals surface area contributed by atoms with Crippen LogP contribution >= 0.6 is 0 Å². The number of aryl methyl sites for hydroxylation is 1. The Hall–Kier alpha value is -3.09. The zero-order valence-corrected chi connectivity index (χ0v) is 14.2. The van der Waals surface area contributed by atoms with E-state index in [1.165, 1.54) is 11.9 Å². The van der Waals surface area contributed by atoms with Gasteiger partial charge in [0.15, 0.2) is 5.82 Å². The second-order valence-electron chi connectivity index (χ2n) is 6.28. The topological polar surface area (TPSA) is 78.8 Å². The first kappa shape index (κ1) is 15.4. The fourth-order valence-electron chi connectivity index (χ4n) is 3.40. The number of amides is 2. The molecule has 0 unspecified atom stereocenters. The summed E-state index contributed by atoms with van der Waals surface area (Å²) in [5, 5.41) is 6.01. The van der Waals surface area contributed by atoms with E-state index in [0.29, 0.717) is 17.1 Å². The summed E-state index contributed by atoms with van der Waals surface area (Å²) in [5.74, 6) is -0.427. The normalized spacial score (nSPS) is 22.4. The second-order valence-corrected chi connectivity index (χ2v) is 6.28. The molecule has 4 rings (SSSR count). The minimum absolute atomic E-state index is 0.226. The zero-order chi connectivity index (χ0) is 17.7. The van der Waals surface area contributed by atoms with E-state index in [-0.39, 0.29) is 11.8 Å². The number of aromatic nitrogens is 2. The van der Waals surface area contributed by atoms with Crippen molar-refractivity contribution in [3.05, 3.63) is 47.8 Å². The molecule has 25 heavy (non-hydrogen) atoms. The summed E-state index contributed by atoms with van der Waals surface area (Å²) in [7, 11) is 3.22. The van der Waals surface area contributed by atoms with Crippen molar-refractivity contribution in [2.75, 3.05) is 14.1 Å². The SMILES string of the molecule is Cc1nc(-c2ccccc2)ncc1C1=NN(C)[C@@H]2C(=O)N(C)C(=O)[C@H]12. The molecular formula is C18H17N5O2. The summed E-state index contributed by atoms with van der Waals surface area (Å²) in [5.41, 5.74) is 2.92. The van der Waals surface area contributed by atoms with Crippen molar-refractivity contribution < 1.29 is 9.59 Å². The molecule has 2 aromatic rings. The van der Waals surface area contributed by atoms with Gasteiger partial charge in [-0.25, -0.2) is 9.97 Å². The molecule has 0 aliphatic carbocycles. The van der Waals surface area contributed by atoms with Crippen molar-refractivity contribution in [2.45, 2.75) is 13.0 Å². The van der Waals surface area contributed by atoms with Crippen LogP contribution in [0.5, 0.6) is 0 Å². The first-order chi connectivity index (χ1) is 12.0. The van der Waals surface area contributed by atoms with Crippen molar-refractivity contribution in [3.63, 3.8) is 0 Å². The molecule has 2 amide bonds. The summed E-state index contributed by atoms with van der Waals surface area (Å²) >= 11 is 0. The fraction of sp³-hybridized carbons (Fsp3) is 0.278. The molecule has 0 N–H and O–H groups in total. The molecule has 0 saturated carbocycles. The third-order valence-electron chi connectivity index (χ3n) is 4.75. The molecule has 3 heterocycles. The van der Waals surface area contributed by atoms with Crippen LogP contribution in [0.3, 0.4) is 0 Å². The maximum absolute atomic E-state index is 12.5. The Labute approximate surface area is 145 Å². The highest BCUT2D eigenvalue weighted by molar-refractivity contribution is 6.23. The van der Waals surface area contributed by atoms with Crippen LogP contribution in [-0.2, 0) is 9.59 Å². The predicted molar refractivity (Wildman–Crippen MR) is 91.6 cm³/mol. The number of likely N-dealkylation sites (N-methyl/N-ethyl adjacent to an activating group) is 2. The third kappa shape index (κ3) is 2.23. The van der Waals surface area contributed by atoms with Gasteiger partial charge in [0, 0.05) is 31.4 Å². The Bertz CT molecular complexity index is 909. The van der Waals surface area contributed by atoms with Crippen molar-refractivity contribution in [1.29, 1.82) is 0 Å². The van der Waals surface area contributed by atoms with Gasteiger partial charge in [-0.15, -0.1) is 0 Å². The van der Waals surface area contributed by atoms with E-state index in [1.54, 1.807) is 18.3 Å². The van der Waals surface area contributed by atoms with E-state index in [2.05, 4.69) is 15.1 Å². The highest BCUT2D eigenvalue weighted by Crippen LogP contribution is 2.33. The van der Waals surface area contributed by atoms with Crippen LogP contribution in [0.1, 0.15) is 11.3 Å². The number of carbonyl (C=O) groups excluding carboxylic acids is 2. The smallest absolute Gasteiger partial charge is 0.254 e. The van der Waals surface area contributed by atoms with Crippen LogP contribution in [0.25, 0.3) is 11.4 Å². The molecule has 2 aliphatic rings. The molecule has 7 heteroatoms. The minimum Gasteiger partial charge on any atom is -0.286 e. The number of imide groups is 1. The van der Waals surface area contributed by atoms with Gasteiger partial charge in [-0.2, -0.15) is 5.10 Å². The minimum atomic E-state index is -0.590. The Balaban J connectivity index is 1.75. The zero-order valence-electron chi connectivity index (χ0n) is 14.2. The van der Waals surface area contributed by atoms with Crippen molar-refractivity contribution >= 4 is 17.5 Å². The highest BCUT2D eigenvalue weighted by atomic mass is 16.2. The average Bonchev–Trinajstić information content (AvgIpc) is 3.07. The Kier molecular flexibility index (Phi) is 3.38. The average molecular weight is 335 g/mol. The number of hydrogen-bond donors (Lipinski definition) is 0. The summed E-state index contributed by atoms with van der Waals surface area (Å²) in [6.07, 6.45) is 1.69. The fourth-order valence-corrected chi connectivity index (χ4v) is 3.40. The molecule has 1 fully saturated rings. The molecule has 2 atom stereocenters. The van der Waals surface area contributed by atoms with Gasteiger partial charge in [-0.3, -0.25) is 19.5 Å². The molecule has 1 aromatic heterocycles. The molecule has 126 valence electrons. The van der Waals surface area contributed by atoms with E-state index in [4.69, 9.17) is 0 Å². The van der Waals surface area contributed by atoms with Crippen molar-refractivity contribution in [2.24, 2.45) is 11.0 Å². The van der Waals surface area contributed by atoms with Gasteiger partial charge in [0.25, 0.3) is 5.91 Å². The van der Waals surface area contributed by atoms with Crippen molar-refractivity contribution in [3.8, 4) is 11.4 Å². The molecule has 0 radical (unpaired) electrons. The largest absolute Gasteiger partial charge is 0.286 e. The van der Waals surface area contributed by atoms with E-state index >= 15 is 0 Å². The van der Waals surface area contributed by atoms with Crippen LogP contribution in [0.2, 0.25) is 0 Å². The molecule has 0 bridgehead atoms. The monoisotopic (exact) mass is 335 g/mol. The van der Waals surface area contributed by atoms with E-state index in [1.807, 2.05) is 37.3 Å². The van der Waals surface area contributed by atoms with E-state index < -0.39 is 12.0 Å². The molecule has 0 spiro atoms. The van der Waals surface area contributed by atoms with Gasteiger partial charge in [0.1, 0.15) is 12.0 Å². The number of rotatable bonds is 2. The van der Waals surface area contributed by atoms with E-state index in [0.717, 1.165) is 11.3 Å². The molecule has 1 saturated heterocycles. The number of carbonyl (C=O) groups is 2. The maximum atomic E-state index is 12.5. The lowest BCUT2D eigenvalue weighted by Crippen LogP contribution is -2.35. The standard InChI is InChI=1S/C18H17N5O2/c1-10-12(9-19-16(20-10)11-7-5-4-6-8-11)14-13-15(23(3)21-14)18(25)22(2)17(13)24/h4-9,13,15H,1-3H3/t13-,15+/m1/s1. The highest BCUT2D eigenvalue weighted by Gasteiger charge is 2.54. The number of hydrazone groups is 1. The quantitative estimate of drug-likeness (QED) is 0.768. The predicted octanol–water partition coefficient (Wildman–Crippen LogP) is 1.08. The van der Waals surface area contributed by atoms with Gasteiger partial charge in [-0.1, -0.05) is 30.3 Å². The van der Waals surface area contributed by atoms with Crippen LogP contribution in [0.4, 0.5) is 0 Å². The summed E-state index contributed by atoms with van der Waals surface area (Å²) in [6, 6.07) is 9.12. The summed E-state index contributed by atoms with van der Waals surface area (Å²) in [4.78, 5) is 34.9. The van der Waals surface area contributed by atoms with E-state index in [9.17, 15) is 9.59 Å². The van der Waals surface area contributed by atoms with Crippen LogP contribution in [0, 0.1) is 12.8 Å². The maximum Gasteiger partial charge on any atom is 0.254 e. The Morgan fingerprint density at radius 3 is 2.44 bits per heavy atom. The van der Waals surface area contributed by atoms with Crippen LogP contribution in [0.15, 0.2) is 41.6 Å². The molecule has 1 aromatic carbocycles. The number of likely N-dealkylation sites (tertiary alicyclic amines) is 1.